The van der Waals surface area contributed by atoms with Crippen LogP contribution in [0.15, 0.2) is 17.4 Å². The Balaban J connectivity index is 3.22. The average molecular weight is 224 g/mol. The lowest BCUT2D eigenvalue weighted by molar-refractivity contribution is -0.112. The van der Waals surface area contributed by atoms with Gasteiger partial charge in [-0.25, -0.2) is 0 Å². The first kappa shape index (κ1) is 13.2. The smallest absolute Gasteiger partial charge is 0.160 e. The van der Waals surface area contributed by atoms with Gasteiger partial charge < -0.3 is 10.2 Å². The molecule has 0 aromatic heterocycles. The molecule has 1 fully saturated rings. The van der Waals surface area contributed by atoms with Gasteiger partial charge in [0.25, 0.3) is 0 Å². The molecule has 0 aromatic rings. The normalized spacial score (nSPS) is 33.1. The Hall–Kier alpha value is -0.890. The van der Waals surface area contributed by atoms with Gasteiger partial charge in [0, 0.05) is 18.1 Å². The molecule has 0 aliphatic heterocycles. The van der Waals surface area contributed by atoms with Gasteiger partial charge in [-0.05, 0) is 25.7 Å². The van der Waals surface area contributed by atoms with Gasteiger partial charge in [0.15, 0.2) is 5.78 Å². The van der Waals surface area contributed by atoms with Crippen LogP contribution in [0.5, 0.6) is 0 Å². The Morgan fingerprint density at radius 1 is 1.44 bits per heavy atom. The molecule has 1 unspecified atom stereocenters. The quantitative estimate of drug-likeness (QED) is 0.525. The van der Waals surface area contributed by atoms with Gasteiger partial charge in [0.05, 0.1) is 11.7 Å². The van der Waals surface area contributed by atoms with E-state index in [9.17, 15) is 15.0 Å². The molecule has 0 bridgehead atoms. The highest BCUT2D eigenvalue weighted by Gasteiger charge is 2.44. The summed E-state index contributed by atoms with van der Waals surface area (Å²) in [5.41, 5.74) is 2.17. The summed E-state index contributed by atoms with van der Waals surface area (Å²) in [5, 5.41) is 20.0. The molecule has 0 aromatic carbocycles. The molecule has 3 nitrogen and oxygen atoms in total. The fourth-order valence-electron chi connectivity index (χ4n) is 2.58. The highest BCUT2D eigenvalue weighted by molar-refractivity contribution is 5.87. The van der Waals surface area contributed by atoms with E-state index in [0.717, 1.165) is 0 Å². The van der Waals surface area contributed by atoms with Crippen LogP contribution in [0.2, 0.25) is 0 Å². The van der Waals surface area contributed by atoms with E-state index >= 15 is 0 Å². The van der Waals surface area contributed by atoms with E-state index < -0.39 is 11.7 Å². The van der Waals surface area contributed by atoms with E-state index in [-0.39, 0.29) is 11.2 Å². The molecule has 1 aliphatic rings. The number of aliphatic hydroxyl groups excluding tert-OH is 1. The van der Waals surface area contributed by atoms with E-state index in [2.05, 4.69) is 5.73 Å². The fraction of sp³-hybridized carbons (Fsp3) is 0.692. The fourth-order valence-corrected chi connectivity index (χ4v) is 2.58. The van der Waals surface area contributed by atoms with E-state index in [4.69, 9.17) is 0 Å². The summed E-state index contributed by atoms with van der Waals surface area (Å²) >= 11 is 0. The Morgan fingerprint density at radius 2 is 2.00 bits per heavy atom. The maximum Gasteiger partial charge on any atom is 0.160 e. The summed E-state index contributed by atoms with van der Waals surface area (Å²) in [4.78, 5) is 10.9. The highest BCUT2D eigenvalue weighted by atomic mass is 16.3. The third-order valence-corrected chi connectivity index (χ3v) is 3.01. The van der Waals surface area contributed by atoms with Gasteiger partial charge in [0.2, 0.25) is 0 Å². The first-order valence-corrected chi connectivity index (χ1v) is 5.54. The van der Waals surface area contributed by atoms with Crippen molar-refractivity contribution in [1.29, 1.82) is 0 Å². The van der Waals surface area contributed by atoms with E-state index in [1.807, 2.05) is 13.8 Å². The molecular formula is C13H20O3. The summed E-state index contributed by atoms with van der Waals surface area (Å²) in [5.74, 6) is -0.0924. The minimum atomic E-state index is -1.09. The summed E-state index contributed by atoms with van der Waals surface area (Å²) in [6.07, 6.45) is 1.72. The second kappa shape index (κ2) is 4.17. The summed E-state index contributed by atoms with van der Waals surface area (Å²) in [7, 11) is 0. The van der Waals surface area contributed by atoms with Crippen LogP contribution < -0.4 is 0 Å². The molecular weight excluding hydrogens is 204 g/mol. The van der Waals surface area contributed by atoms with Crippen molar-refractivity contribution in [3.8, 4) is 0 Å². The van der Waals surface area contributed by atoms with Crippen LogP contribution in [0.25, 0.3) is 0 Å². The number of carbonyl (C=O) groups excluding carboxylic acids is 1. The molecule has 16 heavy (non-hydrogen) atoms. The summed E-state index contributed by atoms with van der Waals surface area (Å²) in [6, 6.07) is 0. The van der Waals surface area contributed by atoms with Crippen LogP contribution in [0.1, 0.15) is 40.5 Å². The van der Waals surface area contributed by atoms with Gasteiger partial charge >= 0.3 is 0 Å². The maximum absolute atomic E-state index is 10.9. The largest absolute Gasteiger partial charge is 0.393 e. The molecule has 90 valence electrons. The van der Waals surface area contributed by atoms with Crippen molar-refractivity contribution < 1.29 is 15.0 Å². The van der Waals surface area contributed by atoms with Gasteiger partial charge in [-0.1, -0.05) is 13.8 Å². The minimum Gasteiger partial charge on any atom is -0.393 e. The van der Waals surface area contributed by atoms with Crippen molar-refractivity contribution in [3.63, 3.8) is 0 Å². The van der Waals surface area contributed by atoms with Gasteiger partial charge in [0.1, 0.15) is 0 Å². The second-order valence-electron chi connectivity index (χ2n) is 5.49. The standard InChI is InChI=1S/C13H20O3/c1-9(14)5-6-11-12(2,3)7-10(15)8-13(11,4)16/h5,10,15-16H,7-8H2,1-4H3/t6?,10?,13-/m1/s1. The Labute approximate surface area is 96.5 Å². The zero-order chi connectivity index (χ0) is 12.6. The molecule has 0 saturated heterocycles. The Kier molecular flexibility index (Phi) is 3.44. The van der Waals surface area contributed by atoms with Crippen LogP contribution >= 0.6 is 0 Å². The molecule has 0 radical (unpaired) electrons. The van der Waals surface area contributed by atoms with Crippen LogP contribution in [0, 0.1) is 5.41 Å². The van der Waals surface area contributed by atoms with Crippen LogP contribution in [0.4, 0.5) is 0 Å². The van der Waals surface area contributed by atoms with Gasteiger partial charge in [-0.3, -0.25) is 4.79 Å². The number of rotatable bonds is 1. The number of aliphatic hydroxyl groups is 2. The monoisotopic (exact) mass is 224 g/mol. The first-order valence-electron chi connectivity index (χ1n) is 5.54. The summed E-state index contributed by atoms with van der Waals surface area (Å²) in [6.45, 7) is 7.00. The SMILES string of the molecule is CC(=O)C=C=C1C(C)(C)CC(O)C[C@@]1(C)O. The molecule has 2 N–H and O–H groups in total. The molecule has 0 spiro atoms. The first-order chi connectivity index (χ1) is 7.15. The molecule has 3 heteroatoms. The zero-order valence-corrected chi connectivity index (χ0v) is 10.4. The van der Waals surface area contributed by atoms with Crippen molar-refractivity contribution in [2.75, 3.05) is 0 Å². The average Bonchev–Trinajstić information content (AvgIpc) is 1.96. The Morgan fingerprint density at radius 3 is 2.44 bits per heavy atom. The van der Waals surface area contributed by atoms with Crippen molar-refractivity contribution in [1.82, 2.24) is 0 Å². The second-order valence-corrected chi connectivity index (χ2v) is 5.49. The van der Waals surface area contributed by atoms with Crippen LogP contribution in [-0.4, -0.2) is 27.7 Å². The van der Waals surface area contributed by atoms with Gasteiger partial charge in [-0.15, -0.1) is 5.73 Å². The Bertz CT molecular complexity index is 337. The lowest BCUT2D eigenvalue weighted by atomic mass is 9.65. The molecule has 1 rings (SSSR count). The summed E-state index contributed by atoms with van der Waals surface area (Å²) < 4.78 is 0. The molecule has 0 heterocycles. The number of hydrogen-bond donors (Lipinski definition) is 2. The lowest BCUT2D eigenvalue weighted by Crippen LogP contribution is -2.45. The number of carbonyl (C=O) groups is 1. The van der Waals surface area contributed by atoms with Crippen LogP contribution in [0.3, 0.4) is 0 Å². The minimum absolute atomic E-state index is 0.0924. The predicted molar refractivity (Wildman–Crippen MR) is 61.9 cm³/mol. The van der Waals surface area contributed by atoms with Crippen molar-refractivity contribution in [2.24, 2.45) is 5.41 Å². The predicted octanol–water partition coefficient (Wildman–Crippen LogP) is 1.59. The lowest BCUT2D eigenvalue weighted by Gasteiger charge is -2.43. The van der Waals surface area contributed by atoms with E-state index in [1.54, 1.807) is 6.92 Å². The highest BCUT2D eigenvalue weighted by Crippen LogP contribution is 2.45. The molecule has 1 saturated carbocycles. The van der Waals surface area contributed by atoms with Crippen molar-refractivity contribution in [3.05, 3.63) is 17.4 Å². The van der Waals surface area contributed by atoms with E-state index in [1.165, 1.54) is 13.0 Å². The maximum atomic E-state index is 10.9. The third kappa shape index (κ3) is 2.82. The number of ketones is 1. The third-order valence-electron chi connectivity index (χ3n) is 3.01. The van der Waals surface area contributed by atoms with E-state index in [0.29, 0.717) is 18.4 Å². The molecule has 1 aliphatic carbocycles. The number of hydrogen-bond acceptors (Lipinski definition) is 3. The van der Waals surface area contributed by atoms with Crippen LogP contribution in [-0.2, 0) is 4.79 Å². The topological polar surface area (TPSA) is 57.5 Å². The van der Waals surface area contributed by atoms with Crippen molar-refractivity contribution >= 4 is 5.78 Å². The van der Waals surface area contributed by atoms with Crippen molar-refractivity contribution in [2.45, 2.75) is 52.2 Å². The molecule has 2 atom stereocenters. The molecule has 0 amide bonds. The zero-order valence-electron chi connectivity index (χ0n) is 10.4. The van der Waals surface area contributed by atoms with Gasteiger partial charge in [-0.2, -0.15) is 0 Å².